The summed E-state index contributed by atoms with van der Waals surface area (Å²) >= 11 is 0. The standard InChI is InChI=1S/C23H26N4O5S/c1-23(15-12-18-8-4-2-5-9-18)21(29)27(22(30)25-23)26-20(28)13-16-24-33(31,32)17-14-19-10-6-3-7-11-19/h2-11,14,17,24H,12-13,15-16H2,1H3,(H,25,30)(H,26,28)/b17-14+. The highest BCUT2D eigenvalue weighted by molar-refractivity contribution is 7.92. The number of carbonyl (C=O) groups is 3. The number of rotatable bonds is 10. The molecule has 0 bridgehead atoms. The number of carbonyl (C=O) groups excluding carboxylic acids is 3. The predicted octanol–water partition coefficient (Wildman–Crippen LogP) is 1.94. The monoisotopic (exact) mass is 470 g/mol. The molecule has 3 N–H and O–H groups in total. The minimum atomic E-state index is -3.75. The van der Waals surface area contributed by atoms with E-state index in [4.69, 9.17) is 0 Å². The third-order valence-corrected chi connectivity index (χ3v) is 6.25. The van der Waals surface area contributed by atoms with E-state index in [1.54, 1.807) is 31.2 Å². The van der Waals surface area contributed by atoms with E-state index >= 15 is 0 Å². The lowest BCUT2D eigenvalue weighted by molar-refractivity contribution is -0.138. The van der Waals surface area contributed by atoms with Gasteiger partial charge >= 0.3 is 6.03 Å². The lowest BCUT2D eigenvalue weighted by Crippen LogP contribution is -2.49. The van der Waals surface area contributed by atoms with Gasteiger partial charge in [-0.25, -0.2) is 17.9 Å². The van der Waals surface area contributed by atoms with Gasteiger partial charge in [-0.15, -0.1) is 0 Å². The molecule has 0 saturated carbocycles. The van der Waals surface area contributed by atoms with Crippen molar-refractivity contribution < 1.29 is 22.8 Å². The van der Waals surface area contributed by atoms with Crippen molar-refractivity contribution in [3.8, 4) is 0 Å². The van der Waals surface area contributed by atoms with Crippen LogP contribution in [0.5, 0.6) is 0 Å². The van der Waals surface area contributed by atoms with Crippen molar-refractivity contribution in [3.63, 3.8) is 0 Å². The number of hydrogen-bond acceptors (Lipinski definition) is 5. The van der Waals surface area contributed by atoms with Gasteiger partial charge in [-0.1, -0.05) is 60.7 Å². The maximum absolute atomic E-state index is 12.8. The minimum absolute atomic E-state index is 0.192. The molecule has 0 radical (unpaired) electrons. The number of hydrogen-bond donors (Lipinski definition) is 3. The van der Waals surface area contributed by atoms with Gasteiger partial charge in [-0.2, -0.15) is 5.01 Å². The van der Waals surface area contributed by atoms with Crippen LogP contribution in [0.25, 0.3) is 6.08 Å². The van der Waals surface area contributed by atoms with Crippen LogP contribution < -0.4 is 15.5 Å². The summed E-state index contributed by atoms with van der Waals surface area (Å²) in [4.78, 5) is 37.2. The van der Waals surface area contributed by atoms with Crippen molar-refractivity contribution in [3.05, 3.63) is 77.2 Å². The van der Waals surface area contributed by atoms with Crippen LogP contribution in [0, 0.1) is 0 Å². The van der Waals surface area contributed by atoms with Gasteiger partial charge in [0.05, 0.1) is 0 Å². The average Bonchev–Trinajstić information content (AvgIpc) is 3.01. The fourth-order valence-corrected chi connectivity index (χ4v) is 4.08. The summed E-state index contributed by atoms with van der Waals surface area (Å²) in [5.41, 5.74) is 2.85. The van der Waals surface area contributed by atoms with E-state index in [0.717, 1.165) is 16.5 Å². The second-order valence-corrected chi connectivity index (χ2v) is 9.48. The Kier molecular flexibility index (Phi) is 7.62. The van der Waals surface area contributed by atoms with Crippen LogP contribution in [0.1, 0.15) is 30.9 Å². The lowest BCUT2D eigenvalue weighted by atomic mass is 9.93. The molecule has 4 amide bonds. The van der Waals surface area contributed by atoms with Crippen molar-refractivity contribution >= 4 is 33.9 Å². The zero-order chi connectivity index (χ0) is 23.9. The molecule has 3 rings (SSSR count). The van der Waals surface area contributed by atoms with E-state index < -0.39 is 33.4 Å². The first kappa shape index (κ1) is 24.1. The van der Waals surface area contributed by atoms with Crippen LogP contribution in [-0.4, -0.2) is 43.4 Å². The van der Waals surface area contributed by atoms with E-state index in [1.807, 2.05) is 36.4 Å². The van der Waals surface area contributed by atoms with Crippen molar-refractivity contribution in [2.24, 2.45) is 0 Å². The Labute approximate surface area is 192 Å². The maximum atomic E-state index is 12.8. The van der Waals surface area contributed by atoms with Crippen LogP contribution in [0.15, 0.2) is 66.1 Å². The van der Waals surface area contributed by atoms with Gasteiger partial charge in [-0.3, -0.25) is 15.0 Å². The normalized spacial score (nSPS) is 18.5. The molecule has 174 valence electrons. The molecule has 1 aliphatic rings. The highest BCUT2D eigenvalue weighted by atomic mass is 32.2. The first-order chi connectivity index (χ1) is 15.7. The third-order valence-electron chi connectivity index (χ3n) is 5.15. The molecule has 1 heterocycles. The molecule has 1 atom stereocenters. The Morgan fingerprint density at radius 2 is 1.70 bits per heavy atom. The molecule has 10 heteroatoms. The number of aryl methyl sites for hydroxylation is 1. The Balaban J connectivity index is 1.48. The van der Waals surface area contributed by atoms with E-state index in [-0.39, 0.29) is 13.0 Å². The van der Waals surface area contributed by atoms with E-state index in [9.17, 15) is 22.8 Å². The summed E-state index contributed by atoms with van der Waals surface area (Å²) in [6.45, 7) is 1.41. The summed E-state index contributed by atoms with van der Waals surface area (Å²) < 4.78 is 26.4. The predicted molar refractivity (Wildman–Crippen MR) is 124 cm³/mol. The third kappa shape index (κ3) is 6.74. The van der Waals surface area contributed by atoms with Gasteiger partial charge in [-0.05, 0) is 37.0 Å². The molecule has 33 heavy (non-hydrogen) atoms. The summed E-state index contributed by atoms with van der Waals surface area (Å²) in [5.74, 6) is -1.23. The average molecular weight is 471 g/mol. The van der Waals surface area contributed by atoms with Crippen LogP contribution in [0.4, 0.5) is 4.79 Å². The molecule has 1 saturated heterocycles. The Morgan fingerprint density at radius 1 is 1.06 bits per heavy atom. The molecule has 1 unspecified atom stereocenters. The summed E-state index contributed by atoms with van der Waals surface area (Å²) in [6, 6.07) is 17.7. The van der Waals surface area contributed by atoms with Gasteiger partial charge in [0.15, 0.2) is 0 Å². The molecular weight excluding hydrogens is 444 g/mol. The topological polar surface area (TPSA) is 125 Å². The Bertz CT molecular complexity index is 1140. The lowest BCUT2D eigenvalue weighted by Gasteiger charge is -2.21. The van der Waals surface area contributed by atoms with Gasteiger partial charge < -0.3 is 5.32 Å². The molecule has 0 aliphatic carbocycles. The number of amides is 4. The zero-order valence-corrected chi connectivity index (χ0v) is 19.0. The summed E-state index contributed by atoms with van der Waals surface area (Å²) in [5, 5.41) is 4.28. The van der Waals surface area contributed by atoms with Gasteiger partial charge in [0.25, 0.3) is 5.91 Å². The molecule has 1 aliphatic heterocycles. The number of nitrogens with zero attached hydrogens (tertiary/aromatic N) is 1. The van der Waals surface area contributed by atoms with Crippen LogP contribution in [-0.2, 0) is 26.0 Å². The SMILES string of the molecule is CC1(CCc2ccccc2)NC(=O)N(NC(=O)CCNS(=O)(=O)/C=C/c2ccccc2)C1=O. The zero-order valence-electron chi connectivity index (χ0n) is 18.2. The highest BCUT2D eigenvalue weighted by Gasteiger charge is 2.48. The number of imide groups is 1. The fraction of sp³-hybridized carbons (Fsp3) is 0.261. The first-order valence-electron chi connectivity index (χ1n) is 10.4. The van der Waals surface area contributed by atoms with E-state index in [0.29, 0.717) is 17.9 Å². The number of benzene rings is 2. The Morgan fingerprint density at radius 3 is 2.36 bits per heavy atom. The van der Waals surface area contributed by atoms with E-state index in [2.05, 4.69) is 15.5 Å². The van der Waals surface area contributed by atoms with Gasteiger partial charge in [0.2, 0.25) is 15.9 Å². The molecule has 0 spiro atoms. The van der Waals surface area contributed by atoms with Crippen LogP contribution in [0.2, 0.25) is 0 Å². The number of nitrogens with one attached hydrogen (secondary N) is 3. The number of hydrazine groups is 1. The molecule has 0 aromatic heterocycles. The molecule has 9 nitrogen and oxygen atoms in total. The molecular formula is C23H26N4O5S. The van der Waals surface area contributed by atoms with Gasteiger partial charge in [0, 0.05) is 18.4 Å². The second-order valence-electron chi connectivity index (χ2n) is 7.83. The smallest absolute Gasteiger partial charge is 0.322 e. The van der Waals surface area contributed by atoms with E-state index in [1.165, 1.54) is 6.08 Å². The van der Waals surface area contributed by atoms with Crippen molar-refractivity contribution in [1.29, 1.82) is 0 Å². The Hall–Kier alpha value is -3.50. The fourth-order valence-electron chi connectivity index (χ4n) is 3.26. The molecule has 2 aromatic carbocycles. The van der Waals surface area contributed by atoms with Crippen LogP contribution in [0.3, 0.4) is 0 Å². The highest BCUT2D eigenvalue weighted by Crippen LogP contribution is 2.22. The van der Waals surface area contributed by atoms with Crippen LogP contribution >= 0.6 is 0 Å². The molecule has 1 fully saturated rings. The molecule has 2 aromatic rings. The van der Waals surface area contributed by atoms with Crippen molar-refractivity contribution in [1.82, 2.24) is 20.5 Å². The number of urea groups is 1. The second kappa shape index (κ2) is 10.4. The van der Waals surface area contributed by atoms with Crippen molar-refractivity contribution in [2.75, 3.05) is 6.54 Å². The summed E-state index contributed by atoms with van der Waals surface area (Å²) in [7, 11) is -3.75. The maximum Gasteiger partial charge on any atom is 0.344 e. The number of sulfonamides is 1. The quantitative estimate of drug-likeness (QED) is 0.458. The minimum Gasteiger partial charge on any atom is -0.322 e. The van der Waals surface area contributed by atoms with Crippen molar-refractivity contribution in [2.45, 2.75) is 31.7 Å². The van der Waals surface area contributed by atoms with Gasteiger partial charge in [0.1, 0.15) is 5.54 Å². The first-order valence-corrected chi connectivity index (χ1v) is 12.0. The summed E-state index contributed by atoms with van der Waals surface area (Å²) in [6.07, 6.45) is 2.12. The largest absolute Gasteiger partial charge is 0.344 e.